The van der Waals surface area contributed by atoms with Crippen LogP contribution in [-0.4, -0.2) is 31.4 Å². The van der Waals surface area contributed by atoms with Crippen molar-refractivity contribution in [3.05, 3.63) is 65.9 Å². The molecule has 0 aliphatic carbocycles. The number of pyridine rings is 1. The quantitative estimate of drug-likeness (QED) is 0.574. The Labute approximate surface area is 148 Å². The second-order valence-corrected chi connectivity index (χ2v) is 5.89. The third-order valence-electron chi connectivity index (χ3n) is 4.06. The highest BCUT2D eigenvalue weighted by atomic mass is 16.5. The Morgan fingerprint density at radius 2 is 1.60 bits per heavy atom. The van der Waals surface area contributed by atoms with E-state index in [1.807, 2.05) is 42.5 Å². The predicted octanol–water partition coefficient (Wildman–Crippen LogP) is 4.33. The molecule has 3 aromatic rings. The maximum absolute atomic E-state index is 5.78. The summed E-state index contributed by atoms with van der Waals surface area (Å²) in [4.78, 5) is 4.37. The van der Waals surface area contributed by atoms with Gasteiger partial charge in [0.1, 0.15) is 30.2 Å². The number of rotatable bonds is 8. The number of benzene rings is 2. The van der Waals surface area contributed by atoms with Gasteiger partial charge in [-0.05, 0) is 49.2 Å². The molecule has 130 valence electrons. The molecule has 4 nitrogen and oxygen atoms in total. The molecule has 25 heavy (non-hydrogen) atoms. The van der Waals surface area contributed by atoms with Crippen LogP contribution in [0.25, 0.3) is 10.9 Å². The van der Waals surface area contributed by atoms with Crippen molar-refractivity contribution in [3.63, 3.8) is 0 Å². The lowest BCUT2D eigenvalue weighted by atomic mass is 10.1. The summed E-state index contributed by atoms with van der Waals surface area (Å²) in [6.45, 7) is 6.23. The Bertz CT molecular complexity index is 827. The van der Waals surface area contributed by atoms with Gasteiger partial charge in [-0.25, -0.2) is 0 Å². The highest BCUT2D eigenvalue weighted by Crippen LogP contribution is 2.22. The van der Waals surface area contributed by atoms with Gasteiger partial charge in [-0.1, -0.05) is 24.3 Å². The van der Waals surface area contributed by atoms with Crippen LogP contribution in [0.15, 0.2) is 54.7 Å². The van der Waals surface area contributed by atoms with Gasteiger partial charge in [0.2, 0.25) is 0 Å². The van der Waals surface area contributed by atoms with Gasteiger partial charge in [0, 0.05) is 11.6 Å². The lowest BCUT2D eigenvalue weighted by molar-refractivity contribution is 0.0767. The Kier molecular flexibility index (Phi) is 5.86. The van der Waals surface area contributed by atoms with Gasteiger partial charge in [-0.3, -0.25) is 4.98 Å². The minimum absolute atomic E-state index is 0.485. The van der Waals surface area contributed by atoms with E-state index in [0.29, 0.717) is 26.4 Å². The highest BCUT2D eigenvalue weighted by molar-refractivity contribution is 5.84. The standard InChI is InChI=1S/C21H23NO3/c1-16-8-9-19(15-17(16)2)24-13-11-23-12-14-25-20-7-3-5-18-6-4-10-22-21(18)20/h3-10,15H,11-14H2,1-2H3. The summed E-state index contributed by atoms with van der Waals surface area (Å²) < 4.78 is 17.0. The first-order chi connectivity index (χ1) is 12.2. The topological polar surface area (TPSA) is 40.6 Å². The number of aromatic nitrogens is 1. The lowest BCUT2D eigenvalue weighted by Crippen LogP contribution is -2.12. The average molecular weight is 337 g/mol. The number of ether oxygens (including phenoxy) is 3. The molecule has 0 spiro atoms. The predicted molar refractivity (Wildman–Crippen MR) is 99.5 cm³/mol. The van der Waals surface area contributed by atoms with E-state index in [0.717, 1.165) is 22.4 Å². The molecule has 0 N–H and O–H groups in total. The fraction of sp³-hybridized carbons (Fsp3) is 0.286. The van der Waals surface area contributed by atoms with Crippen LogP contribution in [0.4, 0.5) is 0 Å². The largest absolute Gasteiger partial charge is 0.491 e. The average Bonchev–Trinajstić information content (AvgIpc) is 2.64. The van der Waals surface area contributed by atoms with E-state index in [-0.39, 0.29) is 0 Å². The van der Waals surface area contributed by atoms with Crippen LogP contribution in [0.3, 0.4) is 0 Å². The van der Waals surface area contributed by atoms with Crippen LogP contribution >= 0.6 is 0 Å². The van der Waals surface area contributed by atoms with E-state index in [1.54, 1.807) is 6.20 Å². The second-order valence-electron chi connectivity index (χ2n) is 5.89. The number of hydrogen-bond acceptors (Lipinski definition) is 4. The molecule has 0 aliphatic heterocycles. The third-order valence-corrected chi connectivity index (χ3v) is 4.06. The van der Waals surface area contributed by atoms with Gasteiger partial charge in [-0.15, -0.1) is 0 Å². The Morgan fingerprint density at radius 3 is 2.44 bits per heavy atom. The summed E-state index contributed by atoms with van der Waals surface area (Å²) in [7, 11) is 0. The highest BCUT2D eigenvalue weighted by Gasteiger charge is 2.02. The fourth-order valence-electron chi connectivity index (χ4n) is 2.53. The van der Waals surface area contributed by atoms with E-state index in [2.05, 4.69) is 24.9 Å². The van der Waals surface area contributed by atoms with Crippen molar-refractivity contribution in [2.45, 2.75) is 13.8 Å². The van der Waals surface area contributed by atoms with Gasteiger partial charge in [-0.2, -0.15) is 0 Å². The molecule has 0 fully saturated rings. The van der Waals surface area contributed by atoms with Crippen molar-refractivity contribution >= 4 is 10.9 Å². The second kappa shape index (κ2) is 8.49. The molecule has 0 saturated heterocycles. The smallest absolute Gasteiger partial charge is 0.145 e. The molecule has 0 saturated carbocycles. The van der Waals surface area contributed by atoms with E-state index < -0.39 is 0 Å². The molecular weight excluding hydrogens is 314 g/mol. The molecule has 1 aromatic heterocycles. The Hall–Kier alpha value is -2.59. The first-order valence-electron chi connectivity index (χ1n) is 8.48. The lowest BCUT2D eigenvalue weighted by Gasteiger charge is -2.10. The summed E-state index contributed by atoms with van der Waals surface area (Å²) in [5.74, 6) is 1.66. The first-order valence-corrected chi connectivity index (χ1v) is 8.48. The zero-order valence-corrected chi connectivity index (χ0v) is 14.7. The van der Waals surface area contributed by atoms with Crippen LogP contribution in [0, 0.1) is 13.8 Å². The normalized spacial score (nSPS) is 10.8. The number of nitrogens with zero attached hydrogens (tertiary/aromatic N) is 1. The maximum Gasteiger partial charge on any atom is 0.145 e. The summed E-state index contributed by atoms with van der Waals surface area (Å²) in [6, 6.07) is 16.0. The van der Waals surface area contributed by atoms with Crippen LogP contribution in [-0.2, 0) is 4.74 Å². The van der Waals surface area contributed by atoms with E-state index in [9.17, 15) is 0 Å². The van der Waals surface area contributed by atoms with Gasteiger partial charge in [0.05, 0.1) is 13.2 Å². The molecule has 0 atom stereocenters. The van der Waals surface area contributed by atoms with Crippen molar-refractivity contribution in [2.24, 2.45) is 0 Å². The fourth-order valence-corrected chi connectivity index (χ4v) is 2.53. The molecule has 0 aliphatic rings. The number of para-hydroxylation sites is 1. The summed E-state index contributed by atoms with van der Waals surface area (Å²) in [6.07, 6.45) is 1.77. The van der Waals surface area contributed by atoms with Crippen LogP contribution in [0.5, 0.6) is 11.5 Å². The summed E-state index contributed by atoms with van der Waals surface area (Å²) in [5, 5.41) is 1.07. The van der Waals surface area contributed by atoms with Crippen LogP contribution in [0.1, 0.15) is 11.1 Å². The summed E-state index contributed by atoms with van der Waals surface area (Å²) >= 11 is 0. The van der Waals surface area contributed by atoms with Crippen LogP contribution < -0.4 is 9.47 Å². The molecule has 1 heterocycles. The summed E-state index contributed by atoms with van der Waals surface area (Å²) in [5.41, 5.74) is 3.38. The van der Waals surface area contributed by atoms with Gasteiger partial charge >= 0.3 is 0 Å². The molecule has 0 radical (unpaired) electrons. The zero-order chi connectivity index (χ0) is 17.5. The van der Waals surface area contributed by atoms with Crippen molar-refractivity contribution in [2.75, 3.05) is 26.4 Å². The molecule has 4 heteroatoms. The van der Waals surface area contributed by atoms with Gasteiger partial charge < -0.3 is 14.2 Å². The van der Waals surface area contributed by atoms with Crippen molar-refractivity contribution in [3.8, 4) is 11.5 Å². The molecule has 0 unspecified atom stereocenters. The molecular formula is C21H23NO3. The number of fused-ring (bicyclic) bond motifs is 1. The van der Waals surface area contributed by atoms with Crippen molar-refractivity contribution < 1.29 is 14.2 Å². The van der Waals surface area contributed by atoms with E-state index in [1.165, 1.54) is 11.1 Å². The first kappa shape index (κ1) is 17.2. The monoisotopic (exact) mass is 337 g/mol. The van der Waals surface area contributed by atoms with Gasteiger partial charge in [0.25, 0.3) is 0 Å². The molecule has 2 aromatic carbocycles. The molecule has 0 bridgehead atoms. The van der Waals surface area contributed by atoms with E-state index >= 15 is 0 Å². The number of hydrogen-bond donors (Lipinski definition) is 0. The minimum Gasteiger partial charge on any atom is -0.491 e. The SMILES string of the molecule is Cc1ccc(OCCOCCOc2cccc3cccnc23)cc1C. The van der Waals surface area contributed by atoms with Crippen molar-refractivity contribution in [1.82, 2.24) is 4.98 Å². The molecule has 3 rings (SSSR count). The maximum atomic E-state index is 5.78. The van der Waals surface area contributed by atoms with E-state index in [4.69, 9.17) is 14.2 Å². The van der Waals surface area contributed by atoms with Crippen molar-refractivity contribution in [1.29, 1.82) is 0 Å². The Balaban J connectivity index is 1.37. The number of aryl methyl sites for hydroxylation is 2. The van der Waals surface area contributed by atoms with Crippen LogP contribution in [0.2, 0.25) is 0 Å². The Morgan fingerprint density at radius 1 is 0.800 bits per heavy atom. The third kappa shape index (κ3) is 4.70. The molecule has 0 amide bonds. The minimum atomic E-state index is 0.485. The zero-order valence-electron chi connectivity index (χ0n) is 14.7. The van der Waals surface area contributed by atoms with Gasteiger partial charge in [0.15, 0.2) is 0 Å².